The molecular weight excluding hydrogens is 600 g/mol. The third-order valence-electron chi connectivity index (χ3n) is 5.13. The number of nitrogens with two attached hydrogens (primary N) is 1. The maximum Gasteiger partial charge on any atom is 0.490 e. The van der Waals surface area contributed by atoms with Crippen LogP contribution in [-0.4, -0.2) is 61.5 Å². The first kappa shape index (κ1) is 33.6. The standard InChI is InChI=1S/C22H21ClF3N7O2.C2HF3O2/c1-3-9-33-12-15(18(31-33)22(24,25)26)17-11-29-19(32(17)2)21(35)30-13-5-6-14(16(23)10-13)20(34)28-8-4-7-27;3-2(4,5)1(6)7/h1,5-6,10-12H,4,7-9,27H2,2H3,(H,28,34)(H,30,35);(H,6,7). The number of rotatable bonds is 8. The average molecular weight is 622 g/mol. The Morgan fingerprint density at radius 1 is 1.17 bits per heavy atom. The van der Waals surface area contributed by atoms with E-state index in [1.807, 2.05) is 0 Å². The van der Waals surface area contributed by atoms with Crippen LogP contribution in [0.5, 0.6) is 0 Å². The minimum absolute atomic E-state index is 0.0216. The minimum Gasteiger partial charge on any atom is -0.475 e. The average Bonchev–Trinajstić information content (AvgIpc) is 3.47. The molecule has 0 saturated heterocycles. The van der Waals surface area contributed by atoms with Crippen LogP contribution in [0.25, 0.3) is 11.3 Å². The van der Waals surface area contributed by atoms with Crippen molar-refractivity contribution in [3.05, 3.63) is 52.7 Å². The summed E-state index contributed by atoms with van der Waals surface area (Å²) in [6.07, 6.45) is -1.74. The number of terminal acetylenes is 1. The fourth-order valence-corrected chi connectivity index (χ4v) is 3.49. The molecule has 0 saturated carbocycles. The van der Waals surface area contributed by atoms with Gasteiger partial charge in [-0.25, -0.2) is 9.78 Å². The van der Waals surface area contributed by atoms with Crippen LogP contribution in [0.4, 0.5) is 32.0 Å². The van der Waals surface area contributed by atoms with Crippen LogP contribution in [0.15, 0.2) is 30.6 Å². The number of nitrogens with zero attached hydrogens (tertiary/aromatic N) is 4. The van der Waals surface area contributed by atoms with E-state index in [1.165, 1.54) is 29.8 Å². The fraction of sp³-hybridized carbons (Fsp3) is 0.292. The highest BCUT2D eigenvalue weighted by molar-refractivity contribution is 6.34. The van der Waals surface area contributed by atoms with Crippen molar-refractivity contribution >= 4 is 35.1 Å². The smallest absolute Gasteiger partial charge is 0.475 e. The number of carbonyl (C=O) groups excluding carboxylic acids is 2. The van der Waals surface area contributed by atoms with Crippen molar-refractivity contribution in [2.75, 3.05) is 18.4 Å². The second-order valence-electron chi connectivity index (χ2n) is 8.17. The van der Waals surface area contributed by atoms with Crippen molar-refractivity contribution in [1.82, 2.24) is 24.6 Å². The maximum atomic E-state index is 13.5. The molecule has 42 heavy (non-hydrogen) atoms. The lowest BCUT2D eigenvalue weighted by molar-refractivity contribution is -0.192. The highest BCUT2D eigenvalue weighted by Crippen LogP contribution is 2.36. The number of benzene rings is 1. The molecule has 226 valence electrons. The van der Waals surface area contributed by atoms with E-state index in [9.17, 15) is 35.9 Å². The van der Waals surface area contributed by atoms with E-state index in [0.717, 1.165) is 17.1 Å². The Morgan fingerprint density at radius 2 is 1.81 bits per heavy atom. The summed E-state index contributed by atoms with van der Waals surface area (Å²) in [6.45, 7) is 0.665. The molecule has 3 rings (SSSR count). The van der Waals surface area contributed by atoms with Gasteiger partial charge in [-0.15, -0.1) is 6.42 Å². The number of aliphatic carboxylic acids is 1. The van der Waals surface area contributed by atoms with Gasteiger partial charge in [-0.2, -0.15) is 31.4 Å². The van der Waals surface area contributed by atoms with Crippen LogP contribution in [0.1, 0.15) is 33.1 Å². The summed E-state index contributed by atoms with van der Waals surface area (Å²) in [5, 5.41) is 16.0. The monoisotopic (exact) mass is 621 g/mol. The van der Waals surface area contributed by atoms with Gasteiger partial charge < -0.3 is 26.0 Å². The van der Waals surface area contributed by atoms with E-state index >= 15 is 0 Å². The van der Waals surface area contributed by atoms with Crippen LogP contribution in [0.2, 0.25) is 5.02 Å². The van der Waals surface area contributed by atoms with Crippen molar-refractivity contribution in [1.29, 1.82) is 0 Å². The molecule has 0 fully saturated rings. The molecule has 1 aromatic carbocycles. The van der Waals surface area contributed by atoms with Gasteiger partial charge in [0.05, 0.1) is 28.0 Å². The molecule has 2 amide bonds. The topological polar surface area (TPSA) is 157 Å². The Labute approximate surface area is 238 Å². The summed E-state index contributed by atoms with van der Waals surface area (Å²) < 4.78 is 74.4. The van der Waals surface area contributed by atoms with Crippen molar-refractivity contribution in [2.45, 2.75) is 25.3 Å². The SMILES string of the molecule is C#CCn1cc(-c2cnc(C(=O)Nc3ccc(C(=O)NCCCN)c(Cl)c3)n2C)c(C(F)(F)F)n1.O=C(O)C(F)(F)F. The number of carboxylic acid groups (broad SMARTS) is 1. The number of anilines is 1. The van der Waals surface area contributed by atoms with E-state index in [0.29, 0.717) is 19.5 Å². The van der Waals surface area contributed by atoms with E-state index in [4.69, 9.17) is 33.7 Å². The number of imidazole rings is 1. The predicted octanol–water partition coefficient (Wildman–Crippen LogP) is 3.55. The quantitative estimate of drug-likeness (QED) is 0.170. The second kappa shape index (κ2) is 13.9. The lowest BCUT2D eigenvalue weighted by Crippen LogP contribution is -2.26. The van der Waals surface area contributed by atoms with Gasteiger partial charge in [0, 0.05) is 25.5 Å². The van der Waals surface area contributed by atoms with Crippen molar-refractivity contribution < 1.29 is 45.8 Å². The summed E-state index contributed by atoms with van der Waals surface area (Å²) in [6, 6.07) is 4.29. The number of hydrogen-bond acceptors (Lipinski definition) is 6. The third kappa shape index (κ3) is 8.72. The molecule has 0 unspecified atom stereocenters. The Balaban J connectivity index is 0.000000782. The number of hydrogen-bond donors (Lipinski definition) is 4. The van der Waals surface area contributed by atoms with Gasteiger partial charge in [-0.1, -0.05) is 17.5 Å². The van der Waals surface area contributed by atoms with Gasteiger partial charge in [0.2, 0.25) is 0 Å². The number of carboxylic acids is 1. The molecule has 0 atom stereocenters. The molecule has 0 aliphatic carbocycles. The van der Waals surface area contributed by atoms with Crippen LogP contribution < -0.4 is 16.4 Å². The normalized spacial score (nSPS) is 11.2. The third-order valence-corrected chi connectivity index (χ3v) is 5.44. The zero-order valence-electron chi connectivity index (χ0n) is 21.5. The van der Waals surface area contributed by atoms with Crippen LogP contribution in [0.3, 0.4) is 0 Å². The zero-order valence-corrected chi connectivity index (χ0v) is 22.2. The molecule has 0 aliphatic rings. The highest BCUT2D eigenvalue weighted by atomic mass is 35.5. The summed E-state index contributed by atoms with van der Waals surface area (Å²) in [7, 11) is 1.40. The fourth-order valence-electron chi connectivity index (χ4n) is 3.23. The maximum absolute atomic E-state index is 13.5. The summed E-state index contributed by atoms with van der Waals surface area (Å²) in [5.74, 6) is -1.77. The Bertz CT molecular complexity index is 1490. The molecule has 11 nitrogen and oxygen atoms in total. The molecule has 5 N–H and O–H groups in total. The molecular formula is C24H22ClF6N7O4. The first-order chi connectivity index (χ1) is 19.5. The predicted molar refractivity (Wildman–Crippen MR) is 137 cm³/mol. The van der Waals surface area contributed by atoms with Gasteiger partial charge in [-0.05, 0) is 31.2 Å². The molecule has 18 heteroatoms. The lowest BCUT2D eigenvalue weighted by Gasteiger charge is -2.10. The van der Waals surface area contributed by atoms with Crippen molar-refractivity contribution in [2.24, 2.45) is 12.8 Å². The van der Waals surface area contributed by atoms with Gasteiger partial charge in [0.25, 0.3) is 11.8 Å². The van der Waals surface area contributed by atoms with Crippen LogP contribution in [-0.2, 0) is 24.6 Å². The zero-order chi connectivity index (χ0) is 31.8. The number of carbonyl (C=O) groups is 3. The van der Waals surface area contributed by atoms with Gasteiger partial charge >= 0.3 is 18.3 Å². The molecule has 0 spiro atoms. The number of alkyl halides is 6. The Kier molecular flexibility index (Phi) is 11.1. The summed E-state index contributed by atoms with van der Waals surface area (Å²) >= 11 is 6.18. The second-order valence-corrected chi connectivity index (χ2v) is 8.57. The van der Waals surface area contributed by atoms with Gasteiger partial charge in [0.1, 0.15) is 6.54 Å². The first-order valence-corrected chi connectivity index (χ1v) is 11.9. The lowest BCUT2D eigenvalue weighted by atomic mass is 10.2. The number of amides is 2. The summed E-state index contributed by atoms with van der Waals surface area (Å²) in [4.78, 5) is 37.8. The largest absolute Gasteiger partial charge is 0.490 e. The van der Waals surface area contributed by atoms with Crippen molar-refractivity contribution in [3.8, 4) is 23.6 Å². The molecule has 2 aromatic heterocycles. The van der Waals surface area contributed by atoms with Crippen LogP contribution >= 0.6 is 11.6 Å². The Morgan fingerprint density at radius 3 is 2.33 bits per heavy atom. The number of aromatic nitrogens is 4. The van der Waals surface area contributed by atoms with E-state index < -0.39 is 29.9 Å². The molecule has 2 heterocycles. The van der Waals surface area contributed by atoms with Gasteiger partial charge in [-0.3, -0.25) is 14.3 Å². The van der Waals surface area contributed by atoms with E-state index in [-0.39, 0.29) is 45.8 Å². The Hall–Kier alpha value is -4.56. The first-order valence-electron chi connectivity index (χ1n) is 11.5. The van der Waals surface area contributed by atoms with Crippen molar-refractivity contribution in [3.63, 3.8) is 0 Å². The molecule has 0 bridgehead atoms. The number of halogens is 7. The van der Waals surface area contributed by atoms with Crippen LogP contribution in [0, 0.1) is 12.3 Å². The molecule has 0 aliphatic heterocycles. The van der Waals surface area contributed by atoms with E-state index in [2.05, 4.69) is 26.6 Å². The number of nitrogens with one attached hydrogen (secondary N) is 2. The molecule has 3 aromatic rings. The summed E-state index contributed by atoms with van der Waals surface area (Å²) in [5.41, 5.74) is 4.48. The van der Waals surface area contributed by atoms with E-state index in [1.54, 1.807) is 0 Å². The molecule has 0 radical (unpaired) electrons. The minimum atomic E-state index is -5.08. The highest BCUT2D eigenvalue weighted by Gasteiger charge is 2.39. The van der Waals surface area contributed by atoms with Gasteiger partial charge in [0.15, 0.2) is 11.5 Å².